The van der Waals surface area contributed by atoms with Gasteiger partial charge in [-0.15, -0.1) is 10.2 Å². The van der Waals surface area contributed by atoms with E-state index in [1.165, 1.54) is 41.3 Å². The van der Waals surface area contributed by atoms with E-state index in [4.69, 9.17) is 5.26 Å². The Morgan fingerprint density at radius 1 is 1.27 bits per heavy atom. The van der Waals surface area contributed by atoms with Crippen molar-refractivity contribution in [3.8, 4) is 6.07 Å². The van der Waals surface area contributed by atoms with Gasteiger partial charge in [-0.3, -0.25) is 0 Å². The Morgan fingerprint density at radius 2 is 2.05 bits per heavy atom. The van der Waals surface area contributed by atoms with E-state index in [1.54, 1.807) is 0 Å². The Hall–Kier alpha value is -1.79. The minimum atomic E-state index is -4.43. The highest BCUT2D eigenvalue weighted by molar-refractivity contribution is 8.01. The molecule has 4 nitrogen and oxygen atoms in total. The molecule has 0 amide bonds. The highest BCUT2D eigenvalue weighted by Gasteiger charge is 2.33. The van der Waals surface area contributed by atoms with Crippen molar-refractivity contribution >= 4 is 33.9 Å². The summed E-state index contributed by atoms with van der Waals surface area (Å²) in [5.74, 6) is 0.724. The van der Waals surface area contributed by atoms with Gasteiger partial charge in [-0.25, -0.2) is 0 Å². The Kier molecular flexibility index (Phi) is 5.63. The predicted octanol–water partition coefficient (Wildman–Crippen LogP) is 4.70. The van der Waals surface area contributed by atoms with E-state index in [2.05, 4.69) is 15.5 Å². The Labute approximate surface area is 133 Å². The number of nitrogens with one attached hydrogen (secondary N) is 1. The Morgan fingerprint density at radius 3 is 2.77 bits per heavy atom. The fourth-order valence-corrected chi connectivity index (χ4v) is 3.36. The number of aromatic nitrogens is 2. The maximum atomic E-state index is 12.9. The average molecular weight is 344 g/mol. The first-order chi connectivity index (χ1) is 10.5. The molecule has 0 atom stereocenters. The van der Waals surface area contributed by atoms with Gasteiger partial charge in [0.25, 0.3) is 0 Å². The summed E-state index contributed by atoms with van der Waals surface area (Å²) in [5.41, 5.74) is -0.791. The number of benzene rings is 1. The summed E-state index contributed by atoms with van der Waals surface area (Å²) in [5, 5.41) is 19.1. The van der Waals surface area contributed by atoms with Crippen LogP contribution in [-0.4, -0.2) is 16.0 Å². The molecule has 1 heterocycles. The molecule has 0 unspecified atom stereocenters. The number of unbranched alkanes of at least 4 members (excludes halogenated alkanes) is 1. The number of para-hydroxylation sites is 1. The minimum Gasteiger partial charge on any atom is -0.330 e. The van der Waals surface area contributed by atoms with Crippen LogP contribution in [0.5, 0.6) is 0 Å². The molecule has 22 heavy (non-hydrogen) atoms. The van der Waals surface area contributed by atoms with E-state index < -0.39 is 11.7 Å². The summed E-state index contributed by atoms with van der Waals surface area (Å²) in [6.45, 7) is 0. The van der Waals surface area contributed by atoms with Gasteiger partial charge in [0.15, 0.2) is 4.34 Å². The third-order valence-electron chi connectivity index (χ3n) is 2.54. The van der Waals surface area contributed by atoms with Gasteiger partial charge in [0, 0.05) is 12.2 Å². The third-order valence-corrected chi connectivity index (χ3v) is 4.60. The molecular weight excluding hydrogens is 333 g/mol. The van der Waals surface area contributed by atoms with E-state index in [-0.39, 0.29) is 5.69 Å². The lowest BCUT2D eigenvalue weighted by molar-refractivity contribution is -0.136. The van der Waals surface area contributed by atoms with Crippen LogP contribution in [0.4, 0.5) is 24.0 Å². The second-order valence-corrected chi connectivity index (χ2v) is 6.47. The molecule has 0 bridgehead atoms. The zero-order valence-corrected chi connectivity index (χ0v) is 12.9. The van der Waals surface area contributed by atoms with Crippen molar-refractivity contribution < 1.29 is 13.2 Å². The van der Waals surface area contributed by atoms with Gasteiger partial charge in [-0.2, -0.15) is 18.4 Å². The first-order valence-electron chi connectivity index (χ1n) is 6.27. The molecule has 0 saturated carbocycles. The van der Waals surface area contributed by atoms with Crippen molar-refractivity contribution in [1.29, 1.82) is 5.26 Å². The molecule has 2 rings (SSSR count). The molecular formula is C13H11F3N4S2. The molecule has 0 aliphatic heterocycles. The number of nitriles is 1. The zero-order chi connectivity index (χ0) is 16.0. The first kappa shape index (κ1) is 16.6. The van der Waals surface area contributed by atoms with Crippen LogP contribution in [0, 0.1) is 11.3 Å². The lowest BCUT2D eigenvalue weighted by atomic mass is 10.2. The second kappa shape index (κ2) is 7.47. The van der Waals surface area contributed by atoms with E-state index >= 15 is 0 Å². The smallest absolute Gasteiger partial charge is 0.330 e. The number of hydrogen-bond donors (Lipinski definition) is 1. The topological polar surface area (TPSA) is 61.6 Å². The largest absolute Gasteiger partial charge is 0.418 e. The SMILES string of the molecule is N#CCCCSc1nnc(Nc2ccccc2C(F)(F)F)s1. The molecule has 0 aliphatic carbocycles. The summed E-state index contributed by atoms with van der Waals surface area (Å²) in [6.07, 6.45) is -3.22. The maximum absolute atomic E-state index is 12.9. The van der Waals surface area contributed by atoms with Crippen molar-refractivity contribution in [1.82, 2.24) is 10.2 Å². The van der Waals surface area contributed by atoms with Crippen molar-refractivity contribution in [3.63, 3.8) is 0 Å². The van der Waals surface area contributed by atoms with E-state index in [1.807, 2.05) is 6.07 Å². The van der Waals surface area contributed by atoms with Gasteiger partial charge in [-0.1, -0.05) is 35.2 Å². The predicted molar refractivity (Wildman–Crippen MR) is 80.2 cm³/mol. The monoisotopic (exact) mass is 344 g/mol. The van der Waals surface area contributed by atoms with Crippen LogP contribution in [0.25, 0.3) is 0 Å². The van der Waals surface area contributed by atoms with Crippen molar-refractivity contribution in [2.75, 3.05) is 11.1 Å². The number of nitrogens with zero attached hydrogens (tertiary/aromatic N) is 3. The van der Waals surface area contributed by atoms with Crippen LogP contribution in [0.2, 0.25) is 0 Å². The van der Waals surface area contributed by atoms with Crippen LogP contribution in [0.1, 0.15) is 18.4 Å². The molecule has 0 fully saturated rings. The van der Waals surface area contributed by atoms with E-state index in [9.17, 15) is 13.2 Å². The van der Waals surface area contributed by atoms with Gasteiger partial charge in [-0.05, 0) is 18.6 Å². The highest BCUT2D eigenvalue weighted by Crippen LogP contribution is 2.36. The van der Waals surface area contributed by atoms with Crippen LogP contribution < -0.4 is 5.32 Å². The van der Waals surface area contributed by atoms with Crippen LogP contribution in [-0.2, 0) is 6.18 Å². The molecule has 2 aromatic rings. The van der Waals surface area contributed by atoms with Gasteiger partial charge < -0.3 is 5.32 Å². The molecule has 0 saturated heterocycles. The maximum Gasteiger partial charge on any atom is 0.418 e. The number of rotatable bonds is 6. The molecule has 116 valence electrons. The van der Waals surface area contributed by atoms with Crippen molar-refractivity contribution in [3.05, 3.63) is 29.8 Å². The van der Waals surface area contributed by atoms with Crippen molar-refractivity contribution in [2.24, 2.45) is 0 Å². The second-order valence-electron chi connectivity index (χ2n) is 4.15. The average Bonchev–Trinajstić information content (AvgIpc) is 2.91. The van der Waals surface area contributed by atoms with Crippen LogP contribution in [0.15, 0.2) is 28.6 Å². The molecule has 1 aromatic heterocycles. The molecule has 0 aliphatic rings. The Bertz CT molecular complexity index is 664. The molecule has 1 N–H and O–H groups in total. The lowest BCUT2D eigenvalue weighted by Crippen LogP contribution is -2.08. The number of thioether (sulfide) groups is 1. The number of halogens is 3. The van der Waals surface area contributed by atoms with E-state index in [0.717, 1.165) is 18.2 Å². The molecule has 0 radical (unpaired) electrons. The van der Waals surface area contributed by atoms with E-state index in [0.29, 0.717) is 15.9 Å². The first-order valence-corrected chi connectivity index (χ1v) is 8.07. The number of anilines is 2. The molecule has 0 spiro atoms. The molecule has 9 heteroatoms. The van der Waals surface area contributed by atoms with Gasteiger partial charge >= 0.3 is 6.18 Å². The van der Waals surface area contributed by atoms with Crippen LogP contribution in [0.3, 0.4) is 0 Å². The van der Waals surface area contributed by atoms with Gasteiger partial charge in [0.2, 0.25) is 5.13 Å². The van der Waals surface area contributed by atoms with Gasteiger partial charge in [0.1, 0.15) is 0 Å². The molecule has 1 aromatic carbocycles. The zero-order valence-electron chi connectivity index (χ0n) is 11.2. The summed E-state index contributed by atoms with van der Waals surface area (Å²) in [7, 11) is 0. The fourth-order valence-electron chi connectivity index (χ4n) is 1.58. The summed E-state index contributed by atoms with van der Waals surface area (Å²) in [6, 6.07) is 7.28. The summed E-state index contributed by atoms with van der Waals surface area (Å²) in [4.78, 5) is 0. The van der Waals surface area contributed by atoms with Crippen molar-refractivity contribution in [2.45, 2.75) is 23.4 Å². The minimum absolute atomic E-state index is 0.0489. The number of alkyl halides is 3. The number of hydrogen-bond acceptors (Lipinski definition) is 6. The quantitative estimate of drug-likeness (QED) is 0.608. The van der Waals surface area contributed by atoms with Gasteiger partial charge in [0.05, 0.1) is 17.3 Å². The Balaban J connectivity index is 2.03. The summed E-state index contributed by atoms with van der Waals surface area (Å²) >= 11 is 2.62. The fraction of sp³-hybridized carbons (Fsp3) is 0.308. The normalized spacial score (nSPS) is 11.2. The summed E-state index contributed by atoms with van der Waals surface area (Å²) < 4.78 is 39.3. The lowest BCUT2D eigenvalue weighted by Gasteiger charge is -2.12. The standard InChI is InChI=1S/C13H11F3N4S2/c14-13(15,16)9-5-1-2-6-10(9)18-11-19-20-12(22-11)21-8-4-3-7-17/h1-2,5-6H,3-4,8H2,(H,18,19). The third kappa shape index (κ3) is 4.61. The highest BCUT2D eigenvalue weighted by atomic mass is 32.2. The van der Waals surface area contributed by atoms with Crippen LogP contribution >= 0.6 is 23.1 Å².